The molecule has 2 heterocycles. The van der Waals surface area contributed by atoms with Crippen molar-refractivity contribution in [3.05, 3.63) is 48.0 Å². The number of ether oxygens (including phenoxy) is 1. The van der Waals surface area contributed by atoms with Gasteiger partial charge in [0.1, 0.15) is 5.82 Å². The first-order valence-corrected chi connectivity index (χ1v) is 9.48. The fraction of sp³-hybridized carbons (Fsp3) is 0.550. The van der Waals surface area contributed by atoms with Crippen molar-refractivity contribution in [2.45, 2.75) is 45.4 Å². The normalized spacial score (nSPS) is 21.2. The summed E-state index contributed by atoms with van der Waals surface area (Å²) in [7, 11) is 0. The zero-order valence-corrected chi connectivity index (χ0v) is 15.7. The predicted octanol–water partition coefficient (Wildman–Crippen LogP) is 2.99. The number of halogens is 1. The van der Waals surface area contributed by atoms with E-state index in [9.17, 15) is 4.39 Å². The van der Waals surface area contributed by atoms with E-state index in [1.165, 1.54) is 18.6 Å². The van der Waals surface area contributed by atoms with Gasteiger partial charge in [0, 0.05) is 31.4 Å². The number of benzene rings is 1. The average Bonchev–Trinajstić information content (AvgIpc) is 3.06. The molecule has 1 aliphatic rings. The summed E-state index contributed by atoms with van der Waals surface area (Å²) in [5.41, 5.74) is 2.00. The number of nitrogens with zero attached hydrogens (tertiary/aromatic N) is 3. The third-order valence-corrected chi connectivity index (χ3v) is 4.63. The highest BCUT2D eigenvalue weighted by Crippen LogP contribution is 2.11. The third-order valence-electron chi connectivity index (χ3n) is 4.63. The Labute approximate surface area is 155 Å². The third kappa shape index (κ3) is 5.62. The SMILES string of the molecule is C[C@H]1CN(CCCCNCc2cnn(-c3ccc(F)cc3)c2)C[C@H](C)O1. The first kappa shape index (κ1) is 19.0. The highest BCUT2D eigenvalue weighted by Gasteiger charge is 2.21. The largest absolute Gasteiger partial charge is 0.373 e. The molecule has 1 saturated heterocycles. The summed E-state index contributed by atoms with van der Waals surface area (Å²) in [6.07, 6.45) is 6.88. The average molecular weight is 360 g/mol. The topological polar surface area (TPSA) is 42.3 Å². The van der Waals surface area contributed by atoms with Crippen molar-refractivity contribution < 1.29 is 9.13 Å². The smallest absolute Gasteiger partial charge is 0.123 e. The molecule has 2 aromatic rings. The zero-order chi connectivity index (χ0) is 18.4. The number of morpholine rings is 1. The molecule has 1 aliphatic heterocycles. The second-order valence-corrected chi connectivity index (χ2v) is 7.17. The lowest BCUT2D eigenvalue weighted by Crippen LogP contribution is -2.45. The van der Waals surface area contributed by atoms with Gasteiger partial charge in [0.05, 0.1) is 24.1 Å². The van der Waals surface area contributed by atoms with Gasteiger partial charge in [0.15, 0.2) is 0 Å². The van der Waals surface area contributed by atoms with Crippen molar-refractivity contribution in [3.63, 3.8) is 0 Å². The lowest BCUT2D eigenvalue weighted by atomic mass is 10.2. The van der Waals surface area contributed by atoms with E-state index in [1.807, 2.05) is 12.4 Å². The van der Waals surface area contributed by atoms with Crippen LogP contribution in [0.25, 0.3) is 5.69 Å². The van der Waals surface area contributed by atoms with Gasteiger partial charge in [-0.15, -0.1) is 0 Å². The molecule has 0 radical (unpaired) electrons. The van der Waals surface area contributed by atoms with Gasteiger partial charge in [-0.25, -0.2) is 9.07 Å². The predicted molar refractivity (Wildman–Crippen MR) is 101 cm³/mol. The Balaban J connectivity index is 1.32. The molecule has 0 spiro atoms. The Bertz CT molecular complexity index is 663. The minimum absolute atomic E-state index is 0.233. The van der Waals surface area contributed by atoms with Crippen LogP contribution in [-0.4, -0.2) is 53.1 Å². The first-order valence-electron chi connectivity index (χ1n) is 9.48. The van der Waals surface area contributed by atoms with E-state index in [-0.39, 0.29) is 5.82 Å². The van der Waals surface area contributed by atoms with Crippen LogP contribution in [0, 0.1) is 5.82 Å². The second-order valence-electron chi connectivity index (χ2n) is 7.17. The molecule has 1 N–H and O–H groups in total. The van der Waals surface area contributed by atoms with Crippen LogP contribution in [0.5, 0.6) is 0 Å². The van der Waals surface area contributed by atoms with Gasteiger partial charge in [-0.2, -0.15) is 5.10 Å². The minimum Gasteiger partial charge on any atom is -0.373 e. The van der Waals surface area contributed by atoms with Crippen molar-refractivity contribution in [2.24, 2.45) is 0 Å². The summed E-state index contributed by atoms with van der Waals surface area (Å²) < 4.78 is 20.5. The number of rotatable bonds is 8. The van der Waals surface area contributed by atoms with E-state index in [4.69, 9.17) is 4.74 Å². The van der Waals surface area contributed by atoms with Crippen molar-refractivity contribution in [1.82, 2.24) is 20.0 Å². The summed E-state index contributed by atoms with van der Waals surface area (Å²) in [5.74, 6) is -0.233. The molecule has 1 fully saturated rings. The highest BCUT2D eigenvalue weighted by molar-refractivity contribution is 5.31. The molecule has 3 rings (SSSR count). The molecule has 6 heteroatoms. The maximum absolute atomic E-state index is 13.0. The van der Waals surface area contributed by atoms with Gasteiger partial charge in [0.25, 0.3) is 0 Å². The molecular formula is C20H29FN4O. The van der Waals surface area contributed by atoms with Crippen molar-refractivity contribution in [3.8, 4) is 5.69 Å². The molecule has 0 saturated carbocycles. The van der Waals surface area contributed by atoms with Gasteiger partial charge in [-0.3, -0.25) is 4.90 Å². The van der Waals surface area contributed by atoms with Crippen LogP contribution in [0.4, 0.5) is 4.39 Å². The molecule has 0 bridgehead atoms. The maximum atomic E-state index is 13.0. The monoisotopic (exact) mass is 360 g/mol. The Morgan fingerprint density at radius 2 is 1.88 bits per heavy atom. The van der Waals surface area contributed by atoms with Crippen LogP contribution >= 0.6 is 0 Å². The lowest BCUT2D eigenvalue weighted by Gasteiger charge is -2.35. The number of aromatic nitrogens is 2. The van der Waals surface area contributed by atoms with Gasteiger partial charge >= 0.3 is 0 Å². The molecule has 0 unspecified atom stereocenters. The molecule has 1 aromatic carbocycles. The van der Waals surface area contributed by atoms with E-state index < -0.39 is 0 Å². The van der Waals surface area contributed by atoms with Crippen LogP contribution in [0.15, 0.2) is 36.7 Å². The fourth-order valence-electron chi connectivity index (χ4n) is 3.47. The van der Waals surface area contributed by atoms with Gasteiger partial charge in [-0.1, -0.05) is 0 Å². The van der Waals surface area contributed by atoms with Gasteiger partial charge < -0.3 is 10.1 Å². The van der Waals surface area contributed by atoms with Crippen LogP contribution in [-0.2, 0) is 11.3 Å². The van der Waals surface area contributed by atoms with Crippen LogP contribution in [0.3, 0.4) is 0 Å². The fourth-order valence-corrected chi connectivity index (χ4v) is 3.47. The Morgan fingerprint density at radius 1 is 1.15 bits per heavy atom. The number of nitrogens with one attached hydrogen (secondary N) is 1. The van der Waals surface area contributed by atoms with Crippen molar-refractivity contribution in [2.75, 3.05) is 26.2 Å². The van der Waals surface area contributed by atoms with Crippen LogP contribution in [0.2, 0.25) is 0 Å². The summed E-state index contributed by atoms with van der Waals surface area (Å²) in [6, 6.07) is 6.36. The summed E-state index contributed by atoms with van der Waals surface area (Å²) in [6.45, 7) is 9.32. The first-order chi connectivity index (χ1) is 12.6. The van der Waals surface area contributed by atoms with E-state index in [2.05, 4.69) is 29.2 Å². The number of unbranched alkanes of at least 4 members (excludes halogenated alkanes) is 1. The van der Waals surface area contributed by atoms with E-state index in [1.54, 1.807) is 16.8 Å². The molecule has 5 nitrogen and oxygen atoms in total. The Hall–Kier alpha value is -1.76. The molecule has 1 aromatic heterocycles. The van der Waals surface area contributed by atoms with Gasteiger partial charge in [0.2, 0.25) is 0 Å². The molecule has 26 heavy (non-hydrogen) atoms. The van der Waals surface area contributed by atoms with Crippen molar-refractivity contribution in [1.29, 1.82) is 0 Å². The van der Waals surface area contributed by atoms with E-state index in [0.717, 1.165) is 50.4 Å². The van der Waals surface area contributed by atoms with Crippen LogP contribution < -0.4 is 5.32 Å². The zero-order valence-electron chi connectivity index (χ0n) is 15.7. The quantitative estimate of drug-likeness (QED) is 0.735. The molecule has 0 aliphatic carbocycles. The number of hydrogen-bond acceptors (Lipinski definition) is 4. The maximum Gasteiger partial charge on any atom is 0.123 e. The van der Waals surface area contributed by atoms with Gasteiger partial charge in [-0.05, 0) is 64.0 Å². The highest BCUT2D eigenvalue weighted by atomic mass is 19.1. The summed E-state index contributed by atoms with van der Waals surface area (Å²) in [5, 5.41) is 7.82. The molecule has 142 valence electrons. The lowest BCUT2D eigenvalue weighted by molar-refractivity contribution is -0.0681. The minimum atomic E-state index is -0.233. The standard InChI is InChI=1S/C20H29FN4O/c1-16-13-24(14-17(2)26-16)10-4-3-9-22-11-18-12-23-25(15-18)20-7-5-19(21)6-8-20/h5-8,12,15-17,22H,3-4,9-11,13-14H2,1-2H3/t16-,17-/m0/s1. The molecule has 2 atom stereocenters. The van der Waals surface area contributed by atoms with Crippen LogP contribution in [0.1, 0.15) is 32.3 Å². The van der Waals surface area contributed by atoms with E-state index >= 15 is 0 Å². The molecule has 0 amide bonds. The summed E-state index contributed by atoms with van der Waals surface area (Å²) >= 11 is 0. The molecular weight excluding hydrogens is 331 g/mol. The Morgan fingerprint density at radius 3 is 2.62 bits per heavy atom. The van der Waals surface area contributed by atoms with Crippen molar-refractivity contribution >= 4 is 0 Å². The number of hydrogen-bond donors (Lipinski definition) is 1. The second kappa shape index (κ2) is 9.26. The van der Waals surface area contributed by atoms with E-state index in [0.29, 0.717) is 12.2 Å². The summed E-state index contributed by atoms with van der Waals surface area (Å²) in [4.78, 5) is 2.51. The Kier molecular flexibility index (Phi) is 6.77.